The molecule has 200 valence electrons. The van der Waals surface area contributed by atoms with Gasteiger partial charge in [0.05, 0.1) is 46.8 Å². The first-order chi connectivity index (χ1) is 19.0. The highest BCUT2D eigenvalue weighted by Gasteiger charge is 2.53. The van der Waals surface area contributed by atoms with Crippen LogP contribution in [0.3, 0.4) is 0 Å². The van der Waals surface area contributed by atoms with Gasteiger partial charge in [0.2, 0.25) is 17.6 Å². The Morgan fingerprint density at radius 2 is 1.56 bits per heavy atom. The van der Waals surface area contributed by atoms with Crippen molar-refractivity contribution < 1.29 is 28.5 Å². The van der Waals surface area contributed by atoms with Gasteiger partial charge in [0.25, 0.3) is 0 Å². The highest BCUT2D eigenvalue weighted by Crippen LogP contribution is 2.54. The number of methoxy groups -OCH3 is 4. The van der Waals surface area contributed by atoms with E-state index in [1.165, 1.54) is 4.90 Å². The van der Waals surface area contributed by atoms with Crippen LogP contribution in [0.2, 0.25) is 0 Å². The summed E-state index contributed by atoms with van der Waals surface area (Å²) in [5.41, 5.74) is 4.48. The third kappa shape index (κ3) is 3.90. The predicted octanol–water partition coefficient (Wildman–Crippen LogP) is 5.01. The molecule has 1 saturated heterocycles. The minimum atomic E-state index is -0.576. The average molecular weight is 527 g/mol. The minimum absolute atomic E-state index is 0.145. The van der Waals surface area contributed by atoms with E-state index in [1.54, 1.807) is 28.4 Å². The van der Waals surface area contributed by atoms with Gasteiger partial charge in [-0.25, -0.2) is 0 Å². The van der Waals surface area contributed by atoms with Gasteiger partial charge in [0, 0.05) is 28.6 Å². The third-order valence-corrected chi connectivity index (χ3v) is 8.02. The van der Waals surface area contributed by atoms with Crippen LogP contribution in [0, 0.1) is 5.92 Å². The van der Waals surface area contributed by atoms with Gasteiger partial charge in [-0.05, 0) is 47.4 Å². The topological polar surface area (TPSA) is 90.1 Å². The largest absolute Gasteiger partial charge is 0.497 e. The number of carbonyl (C=O) groups is 2. The summed E-state index contributed by atoms with van der Waals surface area (Å²) in [5.74, 6) is 0.716. The second-order valence-electron chi connectivity index (χ2n) is 9.94. The number of hydrogen-bond acceptors (Lipinski definition) is 6. The molecule has 8 heteroatoms. The second kappa shape index (κ2) is 9.69. The maximum atomic E-state index is 13.8. The summed E-state index contributed by atoms with van der Waals surface area (Å²) in [6, 6.07) is 19.3. The number of nitrogens with zero attached hydrogens (tertiary/aromatic N) is 1. The number of carbonyl (C=O) groups excluding carboxylic acids is 2. The SMILES string of the molecule is COc1ccc2c3c([nH]c2c1)[C@@H]1C(=O)N(Cc2ccccc2)C(=O)[C@@H]1C[C@@H]3c1cc(OC)c(OC)c(OC)c1. The molecule has 1 N–H and O–H groups in total. The van der Waals surface area contributed by atoms with Crippen LogP contribution in [0.25, 0.3) is 10.9 Å². The zero-order valence-corrected chi connectivity index (χ0v) is 22.3. The summed E-state index contributed by atoms with van der Waals surface area (Å²) in [7, 11) is 6.36. The summed E-state index contributed by atoms with van der Waals surface area (Å²) in [4.78, 5) is 32.6. The molecule has 2 heterocycles. The number of imide groups is 1. The van der Waals surface area contributed by atoms with Crippen LogP contribution in [-0.2, 0) is 16.1 Å². The lowest BCUT2D eigenvalue weighted by Crippen LogP contribution is -2.30. The maximum Gasteiger partial charge on any atom is 0.239 e. The molecule has 1 aliphatic heterocycles. The van der Waals surface area contributed by atoms with Gasteiger partial charge >= 0.3 is 0 Å². The van der Waals surface area contributed by atoms with Crippen molar-refractivity contribution in [1.29, 1.82) is 0 Å². The molecule has 1 fully saturated rings. The maximum absolute atomic E-state index is 13.8. The smallest absolute Gasteiger partial charge is 0.239 e. The molecule has 8 nitrogen and oxygen atoms in total. The van der Waals surface area contributed by atoms with Gasteiger partial charge < -0.3 is 23.9 Å². The standard InChI is InChI=1S/C31H30N2O6/c1-36-19-10-11-20-23(14-19)32-28-26(20)21(18-12-24(37-2)29(39-4)25(13-18)38-3)15-22-27(28)31(35)33(30(22)34)16-17-8-6-5-7-9-17/h5-14,21-22,27,32H,15-16H2,1-4H3/t21-,22-,27-/m1/s1. The molecule has 1 aliphatic carbocycles. The summed E-state index contributed by atoms with van der Waals surface area (Å²) in [5, 5.41) is 0.991. The van der Waals surface area contributed by atoms with Crippen molar-refractivity contribution >= 4 is 22.7 Å². The first-order valence-electron chi connectivity index (χ1n) is 12.9. The van der Waals surface area contributed by atoms with Crippen molar-refractivity contribution in [3.8, 4) is 23.0 Å². The number of ether oxygens (including phenoxy) is 4. The van der Waals surface area contributed by atoms with E-state index in [0.717, 1.165) is 33.3 Å². The Bertz CT molecular complexity index is 1550. The van der Waals surface area contributed by atoms with Crippen molar-refractivity contribution in [3.63, 3.8) is 0 Å². The predicted molar refractivity (Wildman–Crippen MR) is 146 cm³/mol. The first kappa shape index (κ1) is 24.9. The van der Waals surface area contributed by atoms with Crippen LogP contribution in [0.15, 0.2) is 60.7 Å². The fourth-order valence-corrected chi connectivity index (χ4v) is 6.22. The number of hydrogen-bond donors (Lipinski definition) is 1. The molecule has 1 aromatic heterocycles. The molecule has 4 aromatic rings. The molecule has 3 aromatic carbocycles. The van der Waals surface area contributed by atoms with E-state index in [0.29, 0.717) is 29.4 Å². The minimum Gasteiger partial charge on any atom is -0.497 e. The molecule has 39 heavy (non-hydrogen) atoms. The van der Waals surface area contributed by atoms with E-state index in [-0.39, 0.29) is 24.3 Å². The number of benzene rings is 3. The van der Waals surface area contributed by atoms with Gasteiger partial charge in [-0.3, -0.25) is 14.5 Å². The van der Waals surface area contributed by atoms with Crippen molar-refractivity contribution in [2.75, 3.05) is 28.4 Å². The fourth-order valence-electron chi connectivity index (χ4n) is 6.22. The third-order valence-electron chi connectivity index (χ3n) is 8.02. The summed E-state index contributed by atoms with van der Waals surface area (Å²) in [6.07, 6.45) is 0.477. The quantitative estimate of drug-likeness (QED) is 0.341. The van der Waals surface area contributed by atoms with E-state index in [4.69, 9.17) is 18.9 Å². The van der Waals surface area contributed by atoms with E-state index < -0.39 is 11.8 Å². The number of fused-ring (bicyclic) bond motifs is 5. The Hall–Kier alpha value is -4.46. The Morgan fingerprint density at radius 1 is 0.846 bits per heavy atom. The normalized spacial score (nSPS) is 20.1. The van der Waals surface area contributed by atoms with E-state index in [9.17, 15) is 9.59 Å². The van der Waals surface area contributed by atoms with Crippen LogP contribution in [0.1, 0.15) is 40.6 Å². The molecule has 0 radical (unpaired) electrons. The summed E-state index contributed by atoms with van der Waals surface area (Å²) in [6.45, 7) is 0.254. The van der Waals surface area contributed by atoms with Gasteiger partial charge in [0.15, 0.2) is 11.5 Å². The van der Waals surface area contributed by atoms with Crippen LogP contribution in [0.4, 0.5) is 0 Å². The van der Waals surface area contributed by atoms with Gasteiger partial charge in [-0.1, -0.05) is 30.3 Å². The highest BCUT2D eigenvalue weighted by molar-refractivity contribution is 6.09. The number of H-pyrrole nitrogens is 1. The molecule has 3 atom stereocenters. The zero-order chi connectivity index (χ0) is 27.3. The van der Waals surface area contributed by atoms with Crippen LogP contribution in [-0.4, -0.2) is 50.1 Å². The summed E-state index contributed by atoms with van der Waals surface area (Å²) < 4.78 is 22.3. The Morgan fingerprint density at radius 3 is 2.21 bits per heavy atom. The van der Waals surface area contributed by atoms with E-state index in [1.807, 2.05) is 60.7 Å². The molecule has 6 rings (SSSR count). The second-order valence-corrected chi connectivity index (χ2v) is 9.94. The molecule has 2 amide bonds. The molecular weight excluding hydrogens is 496 g/mol. The van der Waals surface area contributed by atoms with Crippen molar-refractivity contribution in [3.05, 3.63) is 83.0 Å². The fraction of sp³-hybridized carbons (Fsp3) is 0.290. The van der Waals surface area contributed by atoms with Crippen molar-refractivity contribution in [2.24, 2.45) is 5.92 Å². The molecule has 0 spiro atoms. The molecular formula is C31H30N2O6. The number of likely N-dealkylation sites (tertiary alicyclic amines) is 1. The van der Waals surface area contributed by atoms with Gasteiger partial charge in [-0.2, -0.15) is 0 Å². The Balaban J connectivity index is 1.52. The summed E-state index contributed by atoms with van der Waals surface area (Å²) >= 11 is 0. The lowest BCUT2D eigenvalue weighted by molar-refractivity contribution is -0.140. The molecule has 0 bridgehead atoms. The van der Waals surface area contributed by atoms with Crippen molar-refractivity contribution in [1.82, 2.24) is 9.88 Å². The highest BCUT2D eigenvalue weighted by atomic mass is 16.5. The Labute approximate surface area is 226 Å². The lowest BCUT2D eigenvalue weighted by atomic mass is 9.71. The van der Waals surface area contributed by atoms with Crippen LogP contribution >= 0.6 is 0 Å². The number of nitrogens with one attached hydrogen (secondary N) is 1. The zero-order valence-electron chi connectivity index (χ0n) is 22.3. The van der Waals surface area contributed by atoms with Gasteiger partial charge in [0.1, 0.15) is 5.75 Å². The average Bonchev–Trinajstić information content (AvgIpc) is 3.46. The molecule has 0 saturated carbocycles. The number of aromatic nitrogens is 1. The van der Waals surface area contributed by atoms with E-state index in [2.05, 4.69) is 4.98 Å². The monoisotopic (exact) mass is 526 g/mol. The van der Waals surface area contributed by atoms with Crippen LogP contribution < -0.4 is 18.9 Å². The van der Waals surface area contributed by atoms with Crippen molar-refractivity contribution in [2.45, 2.75) is 24.8 Å². The molecule has 0 unspecified atom stereocenters. The lowest BCUT2D eigenvalue weighted by Gasteiger charge is -2.30. The van der Waals surface area contributed by atoms with Crippen LogP contribution in [0.5, 0.6) is 23.0 Å². The number of amides is 2. The first-order valence-corrected chi connectivity index (χ1v) is 12.9. The Kier molecular flexibility index (Phi) is 6.17. The number of aromatic amines is 1. The van der Waals surface area contributed by atoms with Gasteiger partial charge in [-0.15, -0.1) is 0 Å². The molecule has 2 aliphatic rings. The van der Waals surface area contributed by atoms with E-state index >= 15 is 0 Å². The number of rotatable bonds is 7.